The lowest BCUT2D eigenvalue weighted by Crippen LogP contribution is -2.47. The summed E-state index contributed by atoms with van der Waals surface area (Å²) in [5, 5.41) is 0. The summed E-state index contributed by atoms with van der Waals surface area (Å²) in [4.78, 5) is 0. The van der Waals surface area contributed by atoms with Crippen LogP contribution in [0.4, 0.5) is 8.78 Å². The molecule has 0 aromatic carbocycles. The van der Waals surface area contributed by atoms with E-state index in [1.807, 2.05) is 0 Å². The average Bonchev–Trinajstić information content (AvgIpc) is 2.25. The lowest BCUT2D eigenvalue weighted by Gasteiger charge is -2.48. The molecule has 15 heavy (non-hydrogen) atoms. The van der Waals surface area contributed by atoms with Crippen LogP contribution in [0.1, 0.15) is 32.6 Å². The molecule has 0 radical (unpaired) electrons. The van der Waals surface area contributed by atoms with Gasteiger partial charge in [-0.15, -0.1) is 0 Å². The lowest BCUT2D eigenvalue weighted by atomic mass is 9.63. The summed E-state index contributed by atoms with van der Waals surface area (Å²) in [7, 11) is 1.48. The third kappa shape index (κ3) is 1.51. The zero-order valence-electron chi connectivity index (χ0n) is 9.11. The van der Waals surface area contributed by atoms with E-state index in [9.17, 15) is 8.78 Å². The second-order valence-corrected chi connectivity index (χ2v) is 4.73. The predicted octanol–water partition coefficient (Wildman–Crippen LogP) is 3.09. The number of hydrogen-bond acceptors (Lipinski definition) is 2. The smallest absolute Gasteiger partial charge is 0.164 e. The largest absolute Gasteiger partial charge is 0.359 e. The fraction of sp³-hybridized carbons (Fsp3) is 0.818. The van der Waals surface area contributed by atoms with Crippen LogP contribution in [-0.2, 0) is 9.47 Å². The van der Waals surface area contributed by atoms with Crippen molar-refractivity contribution in [2.45, 2.75) is 38.2 Å². The van der Waals surface area contributed by atoms with Gasteiger partial charge in [0.05, 0.1) is 0 Å². The molecule has 86 valence electrons. The molecule has 0 unspecified atom stereocenters. The number of methoxy groups -OCH3 is 1. The summed E-state index contributed by atoms with van der Waals surface area (Å²) in [5.41, 5.74) is -1.64. The molecule has 2 bridgehead atoms. The molecule has 0 heterocycles. The molecule has 2 nitrogen and oxygen atoms in total. The highest BCUT2D eigenvalue weighted by molar-refractivity contribution is 5.28. The maximum absolute atomic E-state index is 13.8. The van der Waals surface area contributed by atoms with Crippen molar-refractivity contribution in [1.82, 2.24) is 0 Å². The quantitative estimate of drug-likeness (QED) is 0.678. The Morgan fingerprint density at radius 1 is 1.13 bits per heavy atom. The highest BCUT2D eigenvalue weighted by Gasteiger charge is 2.54. The molecule has 0 aromatic rings. The number of rotatable bonds is 3. The van der Waals surface area contributed by atoms with Gasteiger partial charge in [-0.3, -0.25) is 0 Å². The van der Waals surface area contributed by atoms with Gasteiger partial charge in [0.25, 0.3) is 0 Å². The number of ether oxygens (including phenoxy) is 2. The molecule has 0 amide bonds. The molecule has 0 N–H and O–H groups in total. The first-order chi connectivity index (χ1) is 7.04. The number of fused-ring (bicyclic) bond motifs is 2. The van der Waals surface area contributed by atoms with Gasteiger partial charge >= 0.3 is 0 Å². The van der Waals surface area contributed by atoms with Gasteiger partial charge in [-0.05, 0) is 25.7 Å². The highest BCUT2D eigenvalue weighted by Crippen LogP contribution is 2.57. The van der Waals surface area contributed by atoms with Crippen LogP contribution in [0.15, 0.2) is 11.7 Å². The van der Waals surface area contributed by atoms with Crippen LogP contribution >= 0.6 is 0 Å². The van der Waals surface area contributed by atoms with Crippen LogP contribution < -0.4 is 0 Å². The van der Waals surface area contributed by atoms with E-state index in [0.29, 0.717) is 25.7 Å². The van der Waals surface area contributed by atoms with E-state index >= 15 is 0 Å². The van der Waals surface area contributed by atoms with E-state index in [1.54, 1.807) is 6.92 Å². The highest BCUT2D eigenvalue weighted by atomic mass is 19.2. The minimum Gasteiger partial charge on any atom is -0.359 e. The third-order valence-corrected chi connectivity index (χ3v) is 3.74. The molecule has 0 spiro atoms. The minimum absolute atomic E-state index is 0.0113. The Bertz CT molecular complexity index is 291. The Kier molecular flexibility index (Phi) is 2.59. The maximum Gasteiger partial charge on any atom is 0.164 e. The van der Waals surface area contributed by atoms with Crippen molar-refractivity contribution in [3.63, 3.8) is 0 Å². The first-order valence-corrected chi connectivity index (χ1v) is 5.23. The maximum atomic E-state index is 13.8. The van der Waals surface area contributed by atoms with E-state index in [-0.39, 0.29) is 6.79 Å². The van der Waals surface area contributed by atoms with E-state index in [4.69, 9.17) is 9.47 Å². The van der Waals surface area contributed by atoms with Gasteiger partial charge in [0.15, 0.2) is 5.83 Å². The van der Waals surface area contributed by atoms with E-state index in [1.165, 1.54) is 7.11 Å². The Hall–Kier alpha value is -0.480. The van der Waals surface area contributed by atoms with Gasteiger partial charge in [-0.2, -0.15) is 0 Å². The van der Waals surface area contributed by atoms with Gasteiger partial charge < -0.3 is 9.47 Å². The second-order valence-electron chi connectivity index (χ2n) is 4.73. The molecular weight excluding hydrogens is 202 g/mol. The summed E-state index contributed by atoms with van der Waals surface area (Å²) < 4.78 is 37.6. The van der Waals surface area contributed by atoms with Crippen molar-refractivity contribution < 1.29 is 18.3 Å². The van der Waals surface area contributed by atoms with Crippen LogP contribution in [0, 0.1) is 5.41 Å². The topological polar surface area (TPSA) is 18.5 Å². The molecule has 0 aromatic heterocycles. The van der Waals surface area contributed by atoms with Crippen molar-refractivity contribution >= 4 is 0 Å². The molecule has 0 atom stereocenters. The van der Waals surface area contributed by atoms with Crippen molar-refractivity contribution in [1.29, 1.82) is 0 Å². The monoisotopic (exact) mass is 218 g/mol. The number of hydrogen-bond donors (Lipinski definition) is 0. The van der Waals surface area contributed by atoms with Crippen LogP contribution in [0.3, 0.4) is 0 Å². The normalized spacial score (nSPS) is 40.0. The van der Waals surface area contributed by atoms with Gasteiger partial charge in [0.2, 0.25) is 0 Å². The van der Waals surface area contributed by atoms with Crippen LogP contribution in [0.5, 0.6) is 0 Å². The van der Waals surface area contributed by atoms with Crippen molar-refractivity contribution in [2.75, 3.05) is 13.9 Å². The fourth-order valence-electron chi connectivity index (χ4n) is 2.49. The van der Waals surface area contributed by atoms with E-state index in [0.717, 1.165) is 0 Å². The van der Waals surface area contributed by atoms with Crippen molar-refractivity contribution in [3.05, 3.63) is 11.7 Å². The number of allylic oxidation sites excluding steroid dienone is 1. The Morgan fingerprint density at radius 2 is 1.73 bits per heavy atom. The summed E-state index contributed by atoms with van der Waals surface area (Å²) in [6, 6.07) is 0. The van der Waals surface area contributed by atoms with Crippen LogP contribution in [0.2, 0.25) is 0 Å². The molecule has 3 aliphatic carbocycles. The Balaban J connectivity index is 2.28. The third-order valence-electron chi connectivity index (χ3n) is 3.74. The first kappa shape index (κ1) is 11.0. The van der Waals surface area contributed by atoms with Gasteiger partial charge in [0, 0.05) is 12.5 Å². The van der Waals surface area contributed by atoms with E-state index < -0.39 is 22.7 Å². The average molecular weight is 218 g/mol. The summed E-state index contributed by atoms with van der Waals surface area (Å²) in [6.07, 6.45) is 2.39. The molecule has 1 saturated carbocycles. The fourth-order valence-corrected chi connectivity index (χ4v) is 2.49. The van der Waals surface area contributed by atoms with Gasteiger partial charge in [0.1, 0.15) is 18.2 Å². The van der Waals surface area contributed by atoms with Gasteiger partial charge in [-0.25, -0.2) is 8.78 Å². The summed E-state index contributed by atoms with van der Waals surface area (Å²) >= 11 is 0. The SMILES string of the molecule is COCOC12CCC(C)(CC1)C(F)=C2F. The standard InChI is InChI=1S/C11H16F2O2/c1-10-3-5-11(6-4-10,15-7-14-2)9(13)8(10)12/h3-7H2,1-2H3. The summed E-state index contributed by atoms with van der Waals surface area (Å²) in [6.45, 7) is 1.79. The van der Waals surface area contributed by atoms with Crippen LogP contribution in [0.25, 0.3) is 0 Å². The Labute approximate surface area is 88.2 Å². The van der Waals surface area contributed by atoms with Crippen molar-refractivity contribution in [2.24, 2.45) is 5.41 Å². The molecule has 0 aliphatic heterocycles. The van der Waals surface area contributed by atoms with Gasteiger partial charge in [-0.1, -0.05) is 6.92 Å². The zero-order valence-corrected chi connectivity index (χ0v) is 9.11. The second kappa shape index (κ2) is 3.52. The molecule has 4 heteroatoms. The molecule has 0 saturated heterocycles. The Morgan fingerprint density at radius 3 is 2.27 bits per heavy atom. The van der Waals surface area contributed by atoms with E-state index in [2.05, 4.69) is 0 Å². The lowest BCUT2D eigenvalue weighted by molar-refractivity contribution is -0.156. The predicted molar refractivity (Wildman–Crippen MR) is 51.5 cm³/mol. The molecule has 1 fully saturated rings. The first-order valence-electron chi connectivity index (χ1n) is 5.23. The van der Waals surface area contributed by atoms with Crippen molar-refractivity contribution in [3.8, 4) is 0 Å². The molecular formula is C11H16F2O2. The zero-order chi connectivity index (χ0) is 11.1. The minimum atomic E-state index is -1.04. The molecule has 3 aliphatic rings. The molecule has 3 rings (SSSR count). The summed E-state index contributed by atoms with van der Waals surface area (Å²) in [5.74, 6) is -1.32. The van der Waals surface area contributed by atoms with Crippen LogP contribution in [-0.4, -0.2) is 19.5 Å². The number of halogens is 2.